The molecule has 0 heterocycles. The van der Waals surface area contributed by atoms with E-state index in [0.29, 0.717) is 22.4 Å². The van der Waals surface area contributed by atoms with Crippen molar-refractivity contribution < 1.29 is 18.0 Å². The van der Waals surface area contributed by atoms with Crippen LogP contribution in [0.1, 0.15) is 37.4 Å². The van der Waals surface area contributed by atoms with Crippen LogP contribution in [0, 0.1) is 13.8 Å². The molecule has 31 heavy (non-hydrogen) atoms. The Kier molecular flexibility index (Phi) is 6.53. The third-order valence-corrected chi connectivity index (χ3v) is 6.22. The summed E-state index contributed by atoms with van der Waals surface area (Å²) in [5, 5.41) is 2.74. The third kappa shape index (κ3) is 5.36. The van der Waals surface area contributed by atoms with Gasteiger partial charge in [-0.25, -0.2) is 13.1 Å². The number of hydrogen-bond acceptors (Lipinski definition) is 4. The zero-order valence-electron chi connectivity index (χ0n) is 17.2. The Bertz CT molecular complexity index is 1240. The molecule has 0 spiro atoms. The van der Waals surface area contributed by atoms with Crippen LogP contribution < -0.4 is 15.8 Å². The van der Waals surface area contributed by atoms with Crippen LogP contribution in [0.4, 0.5) is 5.69 Å². The van der Waals surface area contributed by atoms with Gasteiger partial charge in [0.1, 0.15) is 0 Å². The molecule has 3 aromatic carbocycles. The molecule has 0 unspecified atom stereocenters. The summed E-state index contributed by atoms with van der Waals surface area (Å²) in [7, 11) is -3.81. The fourth-order valence-corrected chi connectivity index (χ4v) is 4.13. The molecule has 0 saturated carbocycles. The van der Waals surface area contributed by atoms with Crippen molar-refractivity contribution in [2.45, 2.75) is 25.3 Å². The molecule has 3 rings (SSSR count). The lowest BCUT2D eigenvalue weighted by molar-refractivity contribution is 0.0997. The summed E-state index contributed by atoms with van der Waals surface area (Å²) in [4.78, 5) is 24.2. The van der Waals surface area contributed by atoms with Crippen LogP contribution in [0.2, 0.25) is 0 Å². The minimum atomic E-state index is -3.81. The van der Waals surface area contributed by atoms with Gasteiger partial charge in [-0.05, 0) is 60.9 Å². The van der Waals surface area contributed by atoms with Gasteiger partial charge in [0.2, 0.25) is 15.9 Å². The summed E-state index contributed by atoms with van der Waals surface area (Å²) in [5.74, 6) is -1.00. The molecular formula is C23H23N3O4S. The van der Waals surface area contributed by atoms with Gasteiger partial charge in [0, 0.05) is 23.4 Å². The summed E-state index contributed by atoms with van der Waals surface area (Å²) < 4.78 is 28.0. The van der Waals surface area contributed by atoms with Gasteiger partial charge in [0.15, 0.2) is 0 Å². The topological polar surface area (TPSA) is 118 Å². The van der Waals surface area contributed by atoms with Gasteiger partial charge in [-0.15, -0.1) is 0 Å². The number of anilines is 1. The van der Waals surface area contributed by atoms with E-state index >= 15 is 0 Å². The van der Waals surface area contributed by atoms with Gasteiger partial charge in [-0.3, -0.25) is 9.59 Å². The molecule has 0 radical (unpaired) electrons. The van der Waals surface area contributed by atoms with Crippen molar-refractivity contribution in [3.63, 3.8) is 0 Å². The molecule has 8 heteroatoms. The molecule has 0 atom stereocenters. The van der Waals surface area contributed by atoms with E-state index in [1.807, 2.05) is 30.3 Å². The second-order valence-corrected chi connectivity index (χ2v) is 8.90. The van der Waals surface area contributed by atoms with Crippen molar-refractivity contribution in [1.29, 1.82) is 0 Å². The van der Waals surface area contributed by atoms with E-state index in [0.717, 1.165) is 5.56 Å². The predicted molar refractivity (Wildman–Crippen MR) is 119 cm³/mol. The normalized spacial score (nSPS) is 11.2. The summed E-state index contributed by atoms with van der Waals surface area (Å²) in [6.07, 6.45) is 0. The minimum absolute atomic E-state index is 0.000520. The van der Waals surface area contributed by atoms with Crippen molar-refractivity contribution in [1.82, 2.24) is 4.72 Å². The first-order valence-corrected chi connectivity index (χ1v) is 11.0. The Hall–Kier alpha value is -3.49. The lowest BCUT2D eigenvalue weighted by Gasteiger charge is -2.12. The van der Waals surface area contributed by atoms with Crippen molar-refractivity contribution in [3.05, 3.63) is 94.5 Å². The molecule has 4 N–H and O–H groups in total. The fourth-order valence-electron chi connectivity index (χ4n) is 3.09. The fraction of sp³-hybridized carbons (Fsp3) is 0.130. The van der Waals surface area contributed by atoms with Gasteiger partial charge in [0.25, 0.3) is 5.91 Å². The highest BCUT2D eigenvalue weighted by atomic mass is 32.2. The van der Waals surface area contributed by atoms with Crippen molar-refractivity contribution >= 4 is 27.5 Å². The molecule has 3 aromatic rings. The molecule has 0 aliphatic rings. The van der Waals surface area contributed by atoms with Crippen LogP contribution in [-0.4, -0.2) is 20.2 Å². The van der Waals surface area contributed by atoms with E-state index in [-0.39, 0.29) is 17.0 Å². The number of primary amides is 1. The Labute approximate surface area is 181 Å². The SMILES string of the molecule is Cc1cc(NC(=O)c2cc(S(=O)(=O)NCc3ccccc3)ccc2C)ccc1C(N)=O. The second-order valence-electron chi connectivity index (χ2n) is 7.13. The Morgan fingerprint density at radius 3 is 2.23 bits per heavy atom. The third-order valence-electron chi connectivity index (χ3n) is 4.82. The van der Waals surface area contributed by atoms with Crippen molar-refractivity contribution in [3.8, 4) is 0 Å². The average Bonchev–Trinajstić information content (AvgIpc) is 2.73. The first-order valence-electron chi connectivity index (χ1n) is 9.53. The number of sulfonamides is 1. The molecule has 0 fully saturated rings. The van der Waals surface area contributed by atoms with E-state index in [9.17, 15) is 18.0 Å². The van der Waals surface area contributed by atoms with Crippen LogP contribution in [-0.2, 0) is 16.6 Å². The number of benzene rings is 3. The number of rotatable bonds is 7. The lowest BCUT2D eigenvalue weighted by Crippen LogP contribution is -2.24. The van der Waals surface area contributed by atoms with Crippen LogP contribution in [0.3, 0.4) is 0 Å². The van der Waals surface area contributed by atoms with Gasteiger partial charge in [-0.2, -0.15) is 0 Å². The molecule has 0 aromatic heterocycles. The first kappa shape index (κ1) is 22.2. The minimum Gasteiger partial charge on any atom is -0.366 e. The highest BCUT2D eigenvalue weighted by molar-refractivity contribution is 7.89. The van der Waals surface area contributed by atoms with E-state index in [1.54, 1.807) is 32.0 Å². The summed E-state index contributed by atoms with van der Waals surface area (Å²) in [5.41, 5.74) is 8.47. The average molecular weight is 438 g/mol. The molecular weight excluding hydrogens is 414 g/mol. The zero-order valence-corrected chi connectivity index (χ0v) is 18.0. The van der Waals surface area contributed by atoms with Crippen LogP contribution >= 0.6 is 0 Å². The number of carbonyl (C=O) groups excluding carboxylic acids is 2. The van der Waals surface area contributed by atoms with Crippen LogP contribution in [0.5, 0.6) is 0 Å². The molecule has 7 nitrogen and oxygen atoms in total. The number of carbonyl (C=O) groups is 2. The number of nitrogens with one attached hydrogen (secondary N) is 2. The Balaban J connectivity index is 1.80. The van der Waals surface area contributed by atoms with Crippen LogP contribution in [0.15, 0.2) is 71.6 Å². The van der Waals surface area contributed by atoms with E-state index in [1.165, 1.54) is 18.2 Å². The molecule has 160 valence electrons. The molecule has 0 aliphatic carbocycles. The molecule has 0 bridgehead atoms. The number of aryl methyl sites for hydroxylation is 2. The van der Waals surface area contributed by atoms with Crippen molar-refractivity contribution in [2.75, 3.05) is 5.32 Å². The van der Waals surface area contributed by atoms with E-state index in [2.05, 4.69) is 10.0 Å². The Morgan fingerprint density at radius 2 is 1.58 bits per heavy atom. The summed E-state index contributed by atoms with van der Waals surface area (Å²) in [6.45, 7) is 3.58. The predicted octanol–water partition coefficient (Wildman–Crippen LogP) is 3.13. The van der Waals surface area contributed by atoms with Gasteiger partial charge in [0.05, 0.1) is 4.90 Å². The summed E-state index contributed by atoms with van der Waals surface area (Å²) >= 11 is 0. The van der Waals surface area contributed by atoms with Gasteiger partial charge < -0.3 is 11.1 Å². The Morgan fingerprint density at radius 1 is 0.871 bits per heavy atom. The molecule has 0 aliphatic heterocycles. The highest BCUT2D eigenvalue weighted by Crippen LogP contribution is 2.20. The van der Waals surface area contributed by atoms with Gasteiger partial charge in [-0.1, -0.05) is 36.4 Å². The maximum absolute atomic E-state index is 12.8. The van der Waals surface area contributed by atoms with E-state index < -0.39 is 21.8 Å². The maximum Gasteiger partial charge on any atom is 0.255 e. The van der Waals surface area contributed by atoms with Crippen molar-refractivity contribution in [2.24, 2.45) is 5.73 Å². The first-order chi connectivity index (χ1) is 14.7. The standard InChI is InChI=1S/C23H23N3O4S/c1-15-8-10-19(31(29,30)25-14-17-6-4-3-5-7-17)13-21(15)23(28)26-18-9-11-20(22(24)27)16(2)12-18/h3-13,25H,14H2,1-2H3,(H2,24,27)(H,26,28). The maximum atomic E-state index is 12.8. The molecule has 0 saturated heterocycles. The smallest absolute Gasteiger partial charge is 0.255 e. The summed E-state index contributed by atoms with van der Waals surface area (Å²) in [6, 6.07) is 18.3. The van der Waals surface area contributed by atoms with E-state index in [4.69, 9.17) is 5.73 Å². The molecule has 2 amide bonds. The van der Waals surface area contributed by atoms with Crippen LogP contribution in [0.25, 0.3) is 0 Å². The monoisotopic (exact) mass is 437 g/mol. The van der Waals surface area contributed by atoms with Gasteiger partial charge >= 0.3 is 0 Å². The quantitative estimate of drug-likeness (QED) is 0.526. The second kappa shape index (κ2) is 9.11. The number of amides is 2. The number of hydrogen-bond donors (Lipinski definition) is 3. The lowest BCUT2D eigenvalue weighted by atomic mass is 10.1. The largest absolute Gasteiger partial charge is 0.366 e. The highest BCUT2D eigenvalue weighted by Gasteiger charge is 2.18. The number of nitrogens with two attached hydrogens (primary N) is 1. The zero-order chi connectivity index (χ0) is 22.6.